The summed E-state index contributed by atoms with van der Waals surface area (Å²) < 4.78 is 0. The summed E-state index contributed by atoms with van der Waals surface area (Å²) in [5, 5.41) is 10.6. The molecule has 0 bridgehead atoms. The third-order valence-corrected chi connectivity index (χ3v) is 3.91. The predicted molar refractivity (Wildman–Crippen MR) is 88.5 cm³/mol. The van der Waals surface area contributed by atoms with Crippen molar-refractivity contribution in [2.24, 2.45) is 0 Å². The first-order chi connectivity index (χ1) is 10.4. The molecular weight excluding hydrogens is 280 g/mol. The maximum absolute atomic E-state index is 12.4. The van der Waals surface area contributed by atoms with E-state index in [0.717, 1.165) is 18.4 Å². The molecule has 0 saturated carbocycles. The minimum absolute atomic E-state index is 0.0259. The van der Waals surface area contributed by atoms with Gasteiger partial charge in [-0.25, -0.2) is 0 Å². The predicted octanol–water partition coefficient (Wildman–Crippen LogP) is 4.03. The molecule has 0 aliphatic rings. The summed E-state index contributed by atoms with van der Waals surface area (Å²) in [6.45, 7) is 8.22. The monoisotopic (exact) mass is 304 g/mol. The Hall–Kier alpha value is -2.17. The summed E-state index contributed by atoms with van der Waals surface area (Å²) >= 11 is 0. The normalized spacial score (nSPS) is 13.8. The topological polar surface area (TPSA) is 63.5 Å². The van der Waals surface area contributed by atoms with Crippen LogP contribution in [0.5, 0.6) is 0 Å². The van der Waals surface area contributed by atoms with Crippen LogP contribution in [-0.4, -0.2) is 27.8 Å². The van der Waals surface area contributed by atoms with E-state index in [1.54, 1.807) is 24.3 Å². The highest BCUT2D eigenvalue weighted by molar-refractivity contribution is 5.92. The molecule has 1 amide bonds. The number of hydrogen-bond donors (Lipinski definition) is 0. The van der Waals surface area contributed by atoms with E-state index in [1.807, 2.05) is 18.7 Å². The first-order valence-corrected chi connectivity index (χ1v) is 7.65. The van der Waals surface area contributed by atoms with Crippen LogP contribution in [0.1, 0.15) is 46.1 Å². The molecule has 120 valence electrons. The van der Waals surface area contributed by atoms with Gasteiger partial charge in [0.1, 0.15) is 0 Å². The Balaban J connectivity index is 2.85. The molecule has 5 heteroatoms. The Morgan fingerprint density at radius 2 is 1.68 bits per heavy atom. The molecule has 0 aliphatic heterocycles. The van der Waals surface area contributed by atoms with Crippen LogP contribution in [0.3, 0.4) is 0 Å². The second-order valence-corrected chi connectivity index (χ2v) is 5.44. The van der Waals surface area contributed by atoms with Crippen molar-refractivity contribution in [1.82, 2.24) is 4.90 Å². The van der Waals surface area contributed by atoms with Crippen molar-refractivity contribution in [3.8, 4) is 0 Å². The van der Waals surface area contributed by atoms with Crippen LogP contribution < -0.4 is 0 Å². The molecule has 0 spiro atoms. The van der Waals surface area contributed by atoms with E-state index < -0.39 is 4.92 Å². The Morgan fingerprint density at radius 1 is 1.18 bits per heavy atom. The van der Waals surface area contributed by atoms with Crippen LogP contribution in [-0.2, 0) is 4.79 Å². The average Bonchev–Trinajstić information content (AvgIpc) is 2.52. The van der Waals surface area contributed by atoms with Crippen LogP contribution in [0.2, 0.25) is 0 Å². The Kier molecular flexibility index (Phi) is 6.76. The van der Waals surface area contributed by atoms with Gasteiger partial charge in [0, 0.05) is 30.3 Å². The van der Waals surface area contributed by atoms with Crippen molar-refractivity contribution in [2.45, 2.75) is 52.6 Å². The van der Waals surface area contributed by atoms with Crippen molar-refractivity contribution in [1.29, 1.82) is 0 Å². The lowest BCUT2D eigenvalue weighted by molar-refractivity contribution is -0.384. The molecule has 1 aromatic rings. The van der Waals surface area contributed by atoms with E-state index in [2.05, 4.69) is 13.8 Å². The highest BCUT2D eigenvalue weighted by Gasteiger charge is 2.21. The van der Waals surface area contributed by atoms with E-state index in [1.165, 1.54) is 12.1 Å². The van der Waals surface area contributed by atoms with Crippen molar-refractivity contribution < 1.29 is 9.72 Å². The van der Waals surface area contributed by atoms with Crippen molar-refractivity contribution in [3.05, 3.63) is 46.0 Å². The number of amides is 1. The molecule has 0 fully saturated rings. The summed E-state index contributed by atoms with van der Waals surface area (Å²) in [6, 6.07) is 6.52. The standard InChI is InChI=1S/C17H24N2O3/c1-5-13(3)18(14(4)6-2)17(20)12-9-15-7-10-16(11-8-15)19(21)22/h7-14H,5-6H2,1-4H3. The van der Waals surface area contributed by atoms with Gasteiger partial charge in [-0.3, -0.25) is 14.9 Å². The molecule has 5 nitrogen and oxygen atoms in total. The number of nitro groups is 1. The largest absolute Gasteiger partial charge is 0.334 e. The van der Waals surface area contributed by atoms with Crippen LogP contribution in [0, 0.1) is 10.1 Å². The molecule has 1 rings (SSSR count). The summed E-state index contributed by atoms with van der Waals surface area (Å²) in [5.41, 5.74) is 0.816. The molecule has 22 heavy (non-hydrogen) atoms. The van der Waals surface area contributed by atoms with Gasteiger partial charge >= 0.3 is 0 Å². The van der Waals surface area contributed by atoms with E-state index in [-0.39, 0.29) is 23.7 Å². The average molecular weight is 304 g/mol. The quantitative estimate of drug-likeness (QED) is 0.434. The van der Waals surface area contributed by atoms with E-state index in [9.17, 15) is 14.9 Å². The van der Waals surface area contributed by atoms with Gasteiger partial charge in [0.25, 0.3) is 5.69 Å². The van der Waals surface area contributed by atoms with Crippen molar-refractivity contribution >= 4 is 17.7 Å². The summed E-state index contributed by atoms with van der Waals surface area (Å²) in [7, 11) is 0. The molecule has 0 saturated heterocycles. The molecule has 2 unspecified atom stereocenters. The van der Waals surface area contributed by atoms with Gasteiger partial charge < -0.3 is 4.90 Å². The van der Waals surface area contributed by atoms with Crippen LogP contribution in [0.15, 0.2) is 30.3 Å². The highest BCUT2D eigenvalue weighted by atomic mass is 16.6. The maximum Gasteiger partial charge on any atom is 0.269 e. The molecule has 0 N–H and O–H groups in total. The SMILES string of the molecule is CCC(C)N(C(=O)C=Cc1ccc([N+](=O)[O-])cc1)C(C)CC. The molecule has 0 aliphatic carbocycles. The number of non-ortho nitro benzene ring substituents is 1. The number of rotatable bonds is 7. The first-order valence-electron chi connectivity index (χ1n) is 7.65. The van der Waals surface area contributed by atoms with Crippen LogP contribution in [0.25, 0.3) is 6.08 Å². The van der Waals surface area contributed by atoms with E-state index in [4.69, 9.17) is 0 Å². The van der Waals surface area contributed by atoms with Gasteiger partial charge in [-0.05, 0) is 50.5 Å². The Morgan fingerprint density at radius 3 is 2.09 bits per heavy atom. The van der Waals surface area contributed by atoms with Gasteiger partial charge in [0.05, 0.1) is 4.92 Å². The summed E-state index contributed by atoms with van der Waals surface area (Å²) in [5.74, 6) is -0.0259. The van der Waals surface area contributed by atoms with E-state index in [0.29, 0.717) is 0 Å². The maximum atomic E-state index is 12.4. The van der Waals surface area contributed by atoms with Gasteiger partial charge in [-0.2, -0.15) is 0 Å². The fourth-order valence-corrected chi connectivity index (χ4v) is 2.22. The molecule has 0 radical (unpaired) electrons. The molecule has 1 aromatic carbocycles. The number of hydrogen-bond acceptors (Lipinski definition) is 3. The molecule has 0 heterocycles. The zero-order valence-electron chi connectivity index (χ0n) is 13.7. The Labute approximate surface area is 131 Å². The second-order valence-electron chi connectivity index (χ2n) is 5.44. The van der Waals surface area contributed by atoms with Gasteiger partial charge in [-0.15, -0.1) is 0 Å². The lowest BCUT2D eigenvalue weighted by atomic mass is 10.1. The molecule has 0 aromatic heterocycles. The second kappa shape index (κ2) is 8.32. The van der Waals surface area contributed by atoms with Crippen LogP contribution in [0.4, 0.5) is 5.69 Å². The zero-order valence-corrected chi connectivity index (χ0v) is 13.7. The summed E-state index contributed by atoms with van der Waals surface area (Å²) in [6.07, 6.45) is 5.05. The minimum Gasteiger partial charge on any atom is -0.334 e. The third kappa shape index (κ3) is 4.69. The highest BCUT2D eigenvalue weighted by Crippen LogP contribution is 2.15. The molecule has 2 atom stereocenters. The van der Waals surface area contributed by atoms with Gasteiger partial charge in [0.2, 0.25) is 5.91 Å². The van der Waals surface area contributed by atoms with Crippen LogP contribution >= 0.6 is 0 Å². The fourth-order valence-electron chi connectivity index (χ4n) is 2.22. The minimum atomic E-state index is -0.438. The number of carbonyl (C=O) groups is 1. The van der Waals surface area contributed by atoms with Gasteiger partial charge in [-0.1, -0.05) is 13.8 Å². The lowest BCUT2D eigenvalue weighted by Crippen LogP contribution is -2.43. The van der Waals surface area contributed by atoms with Crippen molar-refractivity contribution in [2.75, 3.05) is 0 Å². The van der Waals surface area contributed by atoms with Gasteiger partial charge in [0.15, 0.2) is 0 Å². The first kappa shape index (κ1) is 17.9. The lowest BCUT2D eigenvalue weighted by Gasteiger charge is -2.33. The fraction of sp³-hybridized carbons (Fsp3) is 0.471. The number of nitro benzene ring substituents is 1. The molecular formula is C17H24N2O3. The smallest absolute Gasteiger partial charge is 0.269 e. The third-order valence-electron chi connectivity index (χ3n) is 3.91. The van der Waals surface area contributed by atoms with E-state index >= 15 is 0 Å². The summed E-state index contributed by atoms with van der Waals surface area (Å²) in [4.78, 5) is 24.5. The number of benzene rings is 1. The number of carbonyl (C=O) groups excluding carboxylic acids is 1. The van der Waals surface area contributed by atoms with Crippen molar-refractivity contribution in [3.63, 3.8) is 0 Å². The Bertz CT molecular complexity index is 527. The zero-order chi connectivity index (χ0) is 16.7. The number of nitrogens with zero attached hydrogens (tertiary/aromatic N) is 2.